The summed E-state index contributed by atoms with van der Waals surface area (Å²) in [6.45, 7) is 27.6. The van der Waals surface area contributed by atoms with Crippen LogP contribution in [0.25, 0.3) is 50.9 Å². The van der Waals surface area contributed by atoms with Gasteiger partial charge in [-0.1, -0.05) is 35.2 Å². The molecule has 3 aliphatic heterocycles. The fourth-order valence-electron chi connectivity index (χ4n) is 10.5. The molecule has 13 rings (SSSR count). The van der Waals surface area contributed by atoms with Crippen molar-refractivity contribution in [2.45, 2.75) is 130 Å². The van der Waals surface area contributed by atoms with Gasteiger partial charge in [-0.3, -0.25) is 15.0 Å². The zero-order valence-electron chi connectivity index (χ0n) is 52.9. The van der Waals surface area contributed by atoms with Crippen molar-refractivity contribution in [2.75, 3.05) is 39.6 Å². The summed E-state index contributed by atoms with van der Waals surface area (Å²) < 4.78 is 50.4. The van der Waals surface area contributed by atoms with Crippen molar-refractivity contribution in [1.82, 2.24) is 66.5 Å². The Kier molecular flexibility index (Phi) is 21.5. The molecule has 1 aliphatic carbocycles. The van der Waals surface area contributed by atoms with E-state index in [4.69, 9.17) is 42.0 Å². The molecule has 22 heteroatoms. The van der Waals surface area contributed by atoms with E-state index in [1.165, 1.54) is 0 Å². The smallest absolute Gasteiger partial charge is 0.233 e. The molecule has 9 aromatic rings. The zero-order valence-corrected chi connectivity index (χ0v) is 52.9. The third-order valence-electron chi connectivity index (χ3n) is 16.3. The number of hydrogen-bond acceptors (Lipinski definition) is 22. The van der Waals surface area contributed by atoms with Crippen molar-refractivity contribution in [3.63, 3.8) is 0 Å². The van der Waals surface area contributed by atoms with E-state index in [2.05, 4.69) is 86.3 Å². The van der Waals surface area contributed by atoms with Crippen LogP contribution in [0.5, 0.6) is 17.6 Å². The molecule has 0 amide bonds. The summed E-state index contributed by atoms with van der Waals surface area (Å²) in [6, 6.07) is 24.3. The Labute approximate surface area is 535 Å². The maximum Gasteiger partial charge on any atom is 0.233 e. The largest absolute Gasteiger partial charge is 0.473 e. The lowest BCUT2D eigenvalue weighted by atomic mass is 10.1. The van der Waals surface area contributed by atoms with Crippen LogP contribution in [-0.4, -0.2) is 108 Å². The average Bonchev–Trinajstić information content (AvgIpc) is 1.69. The van der Waals surface area contributed by atoms with Gasteiger partial charge in [0, 0.05) is 169 Å². The fourth-order valence-corrected chi connectivity index (χ4v) is 10.5. The first-order chi connectivity index (χ1) is 44.9. The van der Waals surface area contributed by atoms with Crippen molar-refractivity contribution >= 4 is 17.1 Å². The van der Waals surface area contributed by atoms with Crippen LogP contribution >= 0.6 is 0 Å². The molecule has 4 aliphatic rings. The fraction of sp³-hybridized carbons (Fsp3) is 0.371. The van der Waals surface area contributed by atoms with Gasteiger partial charge >= 0.3 is 0 Å². The van der Waals surface area contributed by atoms with Gasteiger partial charge in [0.05, 0.1) is 22.4 Å². The van der Waals surface area contributed by atoms with E-state index < -0.39 is 0 Å². The molecule has 478 valence electrons. The van der Waals surface area contributed by atoms with Crippen LogP contribution in [0, 0.1) is 34.6 Å². The second-order valence-electron chi connectivity index (χ2n) is 23.3. The molecule has 0 unspecified atom stereocenters. The van der Waals surface area contributed by atoms with Crippen LogP contribution < -0.4 is 30.2 Å². The van der Waals surface area contributed by atoms with Crippen molar-refractivity contribution < 1.29 is 42.0 Å². The molecule has 3 N–H and O–H groups in total. The lowest BCUT2D eigenvalue weighted by molar-refractivity contribution is 0.0817. The van der Waals surface area contributed by atoms with Gasteiger partial charge in [-0.15, -0.1) is 10.2 Å². The number of nitrogens with zero attached hydrogens (tertiary/aromatic N) is 10. The van der Waals surface area contributed by atoms with Crippen LogP contribution in [0.4, 0.5) is 0 Å². The minimum absolute atomic E-state index is 0.272. The van der Waals surface area contributed by atoms with E-state index in [-0.39, 0.29) is 6.61 Å². The summed E-state index contributed by atoms with van der Waals surface area (Å²) in [5, 5.41) is 31.4. The van der Waals surface area contributed by atoms with Gasteiger partial charge in [-0.25, -0.2) is 9.97 Å². The first kappa shape index (κ1) is 63.9. The Bertz CT molecular complexity index is 3680. The maximum atomic E-state index is 6.04. The van der Waals surface area contributed by atoms with Crippen LogP contribution in [0.2, 0.25) is 0 Å². The topological polar surface area (TPSA) is 260 Å². The summed E-state index contributed by atoms with van der Waals surface area (Å²) in [5.41, 5.74) is 15.7. The van der Waals surface area contributed by atoms with Crippen LogP contribution in [-0.2, 0) is 34.0 Å². The van der Waals surface area contributed by atoms with E-state index in [1.54, 1.807) is 30.9 Å². The number of aryl methyl sites for hydroxylation is 5. The highest BCUT2D eigenvalue weighted by atomic mass is 16.5. The molecule has 4 fully saturated rings. The van der Waals surface area contributed by atoms with Crippen LogP contribution in [0.15, 0.2) is 137 Å². The molecule has 1 saturated carbocycles. The highest BCUT2D eigenvalue weighted by Crippen LogP contribution is 2.44. The van der Waals surface area contributed by atoms with Crippen LogP contribution in [0.3, 0.4) is 0 Å². The van der Waals surface area contributed by atoms with Crippen molar-refractivity contribution in [3.8, 4) is 51.4 Å². The van der Waals surface area contributed by atoms with Crippen molar-refractivity contribution in [3.05, 3.63) is 191 Å². The Balaban J connectivity index is 0.000000141. The summed E-state index contributed by atoms with van der Waals surface area (Å²) >= 11 is 0. The molecular weight excluding hydrogens is 1170 g/mol. The number of hydrogen-bond donors (Lipinski definition) is 3. The first-order valence-corrected chi connectivity index (χ1v) is 31.3. The Morgan fingerprint density at radius 3 is 1.18 bits per heavy atom. The Morgan fingerprint density at radius 1 is 0.413 bits per heavy atom. The van der Waals surface area contributed by atoms with E-state index in [0.717, 1.165) is 198 Å². The number of pyridine rings is 5. The molecule has 0 bridgehead atoms. The molecule has 3 saturated heterocycles. The van der Waals surface area contributed by atoms with Crippen molar-refractivity contribution in [2.24, 2.45) is 0 Å². The molecule has 12 heterocycles. The monoisotopic (exact) mass is 1250 g/mol. The second kappa shape index (κ2) is 30.9. The number of aromatic nitrogens is 10. The predicted molar refractivity (Wildman–Crippen MR) is 346 cm³/mol. The molecule has 22 nitrogen and oxygen atoms in total. The van der Waals surface area contributed by atoms with Gasteiger partial charge in [-0.05, 0) is 141 Å². The number of ether oxygens (including phenoxy) is 6. The molecule has 0 atom stereocenters. The number of rotatable bonds is 22. The molecule has 0 radical (unpaired) electrons. The van der Waals surface area contributed by atoms with Gasteiger partial charge in [0.2, 0.25) is 17.6 Å². The summed E-state index contributed by atoms with van der Waals surface area (Å²) in [4.78, 5) is 22.0. The quantitative estimate of drug-likeness (QED) is 0.0569. The number of nitrogens with one attached hydrogen (secondary N) is 3. The van der Waals surface area contributed by atoms with Gasteiger partial charge in [0.1, 0.15) is 59.9 Å². The van der Waals surface area contributed by atoms with E-state index in [0.29, 0.717) is 66.4 Å². The molecule has 9 aromatic heterocycles. The molecule has 0 aromatic carbocycles. The average molecular weight is 1250 g/mol. The minimum atomic E-state index is 0.272. The van der Waals surface area contributed by atoms with Gasteiger partial charge in [-0.2, -0.15) is 0 Å². The van der Waals surface area contributed by atoms with E-state index in [1.807, 2.05) is 108 Å². The highest BCUT2D eigenvalue weighted by Gasteiger charge is 2.33. The standard InChI is InChI=1S/C25H28N4O3.C23H26N4O3.C22H25N5O3/c1-16-3-4-20(14-26-16)24-22(25(32-29-24)18-5-6-18)15-31-23-8-7-19(13-27-23)17(2)28-21-9-11-30-12-10-21;1-15-4-5-19(13-24-15)23-21(17(3)30-27-23)14-29-22-7-6-18(12-25-22)16(2)26-20-8-10-28-11-9-20;1-14-4-5-17(12-23-14)22-19(16(3)30-27-22)13-29-21-7-6-20(25-26-21)15(2)24-18-8-10-28-11-9-18/h3-4,7-8,13-14,18,21,28H,2,5-6,9-12,15H2,1H3;4-7,12-13,20,26H,2,8-11,14H2,1,3H3;4-7,12,18,24H,2,8-11,13H2,1,3H3. The van der Waals surface area contributed by atoms with E-state index >= 15 is 0 Å². The predicted octanol–water partition coefficient (Wildman–Crippen LogP) is 12.2. The van der Waals surface area contributed by atoms with Crippen molar-refractivity contribution in [1.29, 1.82) is 0 Å². The Morgan fingerprint density at radius 2 is 0.804 bits per heavy atom. The maximum absolute atomic E-state index is 6.04. The van der Waals surface area contributed by atoms with E-state index in [9.17, 15) is 0 Å². The summed E-state index contributed by atoms with van der Waals surface area (Å²) in [7, 11) is 0. The van der Waals surface area contributed by atoms with Gasteiger partial charge in [0.25, 0.3) is 0 Å². The minimum Gasteiger partial charge on any atom is -0.473 e. The molecule has 0 spiro atoms. The normalized spacial score (nSPS) is 15.2. The Hall–Kier alpha value is -9.64. The third kappa shape index (κ3) is 17.2. The summed E-state index contributed by atoms with van der Waals surface area (Å²) in [5.74, 6) is 4.29. The third-order valence-corrected chi connectivity index (χ3v) is 16.3. The SMILES string of the molecule is C=C(NC1CCOCC1)c1ccc(OCc2c(-c3ccc(C)nc3)noc2C)nc1.C=C(NC1CCOCC1)c1ccc(OCc2c(-c3ccc(C)nc3)noc2C)nn1.C=C(NC1CCOCC1)c1ccc(OCc2c(-c3ccc(C)nc3)noc2C2CC2)nc1. The lowest BCUT2D eigenvalue weighted by Crippen LogP contribution is -2.33. The second-order valence-corrected chi connectivity index (χ2v) is 23.3. The summed E-state index contributed by atoms with van der Waals surface area (Å²) in [6.07, 6.45) is 17.1. The lowest BCUT2D eigenvalue weighted by Gasteiger charge is -2.25. The molecular formula is C70H79N13O9. The zero-order chi connectivity index (χ0) is 63.8. The van der Waals surface area contributed by atoms with Gasteiger partial charge in [0.15, 0.2) is 0 Å². The van der Waals surface area contributed by atoms with Crippen LogP contribution in [0.1, 0.15) is 125 Å². The highest BCUT2D eigenvalue weighted by molar-refractivity contribution is 5.66. The first-order valence-electron chi connectivity index (χ1n) is 31.3. The van der Waals surface area contributed by atoms with Gasteiger partial charge < -0.3 is 57.9 Å². The molecule has 92 heavy (non-hydrogen) atoms.